The van der Waals surface area contributed by atoms with E-state index in [0.29, 0.717) is 0 Å². The van der Waals surface area contributed by atoms with Gasteiger partial charge in [0, 0.05) is 78.4 Å². The maximum atomic E-state index is 2.32. The molecule has 0 amide bonds. The van der Waals surface area contributed by atoms with E-state index in [4.69, 9.17) is 0 Å². The molecular formula is C28H25N3. The average molecular weight is 404 g/mol. The van der Waals surface area contributed by atoms with Crippen molar-refractivity contribution in [3.8, 4) is 0 Å². The first-order chi connectivity index (χ1) is 15.1. The molecule has 0 bridgehead atoms. The molecule has 6 rings (SSSR count). The summed E-state index contributed by atoms with van der Waals surface area (Å²) in [5.41, 5.74) is 7.86. The standard InChI is InChI=1S/C28H25N3/c1-29-16-22(19-10-4-7-13-25(19)29)28(23-17-30(2)26-14-8-5-11-20(23)26)24-18-31(3)27-15-9-6-12-21(24)27/h4-18,28H,1-3H3. The number of aryl methyl sites for hydroxylation is 3. The Morgan fingerprint density at radius 3 is 1.06 bits per heavy atom. The van der Waals surface area contributed by atoms with Crippen LogP contribution >= 0.6 is 0 Å². The van der Waals surface area contributed by atoms with E-state index in [0.717, 1.165) is 0 Å². The Bertz CT molecular complexity index is 1380. The molecule has 0 radical (unpaired) electrons. The summed E-state index contributed by atoms with van der Waals surface area (Å²) in [5, 5.41) is 3.95. The third kappa shape index (κ3) is 2.59. The summed E-state index contributed by atoms with van der Waals surface area (Å²) in [5.74, 6) is 0.142. The summed E-state index contributed by atoms with van der Waals surface area (Å²) >= 11 is 0. The summed E-state index contributed by atoms with van der Waals surface area (Å²) in [6.07, 6.45) is 6.96. The predicted molar refractivity (Wildman–Crippen MR) is 130 cm³/mol. The summed E-state index contributed by atoms with van der Waals surface area (Å²) in [7, 11) is 6.44. The largest absolute Gasteiger partial charge is 0.350 e. The molecule has 3 aromatic carbocycles. The Morgan fingerprint density at radius 2 is 0.742 bits per heavy atom. The van der Waals surface area contributed by atoms with Crippen molar-refractivity contribution in [3.63, 3.8) is 0 Å². The molecule has 0 aliphatic carbocycles. The number of aromatic nitrogens is 3. The van der Waals surface area contributed by atoms with Gasteiger partial charge in [-0.2, -0.15) is 0 Å². The highest BCUT2D eigenvalue weighted by Crippen LogP contribution is 2.43. The lowest BCUT2D eigenvalue weighted by Gasteiger charge is -2.17. The minimum absolute atomic E-state index is 0.142. The van der Waals surface area contributed by atoms with E-state index >= 15 is 0 Å². The molecule has 3 heterocycles. The van der Waals surface area contributed by atoms with Crippen LogP contribution in [-0.2, 0) is 21.1 Å². The summed E-state index contributed by atoms with van der Waals surface area (Å²) < 4.78 is 6.77. The number of hydrogen-bond donors (Lipinski definition) is 0. The van der Waals surface area contributed by atoms with Crippen LogP contribution in [0.4, 0.5) is 0 Å². The van der Waals surface area contributed by atoms with Gasteiger partial charge >= 0.3 is 0 Å². The van der Waals surface area contributed by atoms with E-state index < -0.39 is 0 Å². The zero-order valence-electron chi connectivity index (χ0n) is 18.1. The molecular weight excluding hydrogens is 378 g/mol. The van der Waals surface area contributed by atoms with Crippen LogP contribution in [0.15, 0.2) is 91.4 Å². The third-order valence-electron chi connectivity index (χ3n) is 6.72. The zero-order chi connectivity index (χ0) is 21.1. The van der Waals surface area contributed by atoms with E-state index in [1.165, 1.54) is 49.4 Å². The predicted octanol–water partition coefficient (Wildman–Crippen LogP) is 6.34. The van der Waals surface area contributed by atoms with Gasteiger partial charge in [0.15, 0.2) is 0 Å². The molecule has 0 atom stereocenters. The van der Waals surface area contributed by atoms with Crippen LogP contribution in [0.1, 0.15) is 22.6 Å². The van der Waals surface area contributed by atoms with E-state index in [1.54, 1.807) is 0 Å². The molecule has 3 nitrogen and oxygen atoms in total. The first-order valence-electron chi connectivity index (χ1n) is 10.8. The lowest BCUT2D eigenvalue weighted by Crippen LogP contribution is -2.02. The van der Waals surface area contributed by atoms with Gasteiger partial charge in [0.05, 0.1) is 0 Å². The van der Waals surface area contributed by atoms with Gasteiger partial charge in [-0.05, 0) is 34.9 Å². The van der Waals surface area contributed by atoms with Gasteiger partial charge in [0.25, 0.3) is 0 Å². The van der Waals surface area contributed by atoms with Crippen LogP contribution in [0.5, 0.6) is 0 Å². The lowest BCUT2D eigenvalue weighted by atomic mass is 9.84. The van der Waals surface area contributed by atoms with Crippen LogP contribution < -0.4 is 0 Å². The highest BCUT2D eigenvalue weighted by Gasteiger charge is 2.27. The highest BCUT2D eigenvalue weighted by atomic mass is 14.9. The highest BCUT2D eigenvalue weighted by molar-refractivity contribution is 5.93. The van der Waals surface area contributed by atoms with Crippen LogP contribution in [0.3, 0.4) is 0 Å². The SMILES string of the molecule is Cn1cc(C(c2cn(C)c3ccccc23)c2cn(C)c3ccccc23)c2ccccc21. The molecule has 3 heteroatoms. The maximum absolute atomic E-state index is 2.32. The second-order valence-electron chi connectivity index (χ2n) is 8.57. The van der Waals surface area contributed by atoms with Crippen molar-refractivity contribution in [2.24, 2.45) is 21.1 Å². The minimum atomic E-state index is 0.142. The van der Waals surface area contributed by atoms with Gasteiger partial charge in [0.2, 0.25) is 0 Å². The van der Waals surface area contributed by atoms with Gasteiger partial charge in [0.1, 0.15) is 0 Å². The van der Waals surface area contributed by atoms with Gasteiger partial charge in [-0.1, -0.05) is 54.6 Å². The zero-order valence-corrected chi connectivity index (χ0v) is 18.1. The second-order valence-corrected chi connectivity index (χ2v) is 8.57. The van der Waals surface area contributed by atoms with Crippen LogP contribution in [-0.4, -0.2) is 13.7 Å². The molecule has 0 saturated carbocycles. The molecule has 0 fully saturated rings. The topological polar surface area (TPSA) is 14.8 Å². The first-order valence-corrected chi connectivity index (χ1v) is 10.8. The molecule has 152 valence electrons. The molecule has 0 aliphatic heterocycles. The van der Waals surface area contributed by atoms with Crippen molar-refractivity contribution in [1.29, 1.82) is 0 Å². The average Bonchev–Trinajstić information content (AvgIpc) is 3.43. The molecule has 31 heavy (non-hydrogen) atoms. The Kier molecular flexibility index (Phi) is 3.87. The van der Waals surface area contributed by atoms with Crippen LogP contribution in [0.25, 0.3) is 32.7 Å². The number of benzene rings is 3. The lowest BCUT2D eigenvalue weighted by molar-refractivity contribution is 0.902. The number of fused-ring (bicyclic) bond motifs is 3. The number of nitrogens with zero attached hydrogens (tertiary/aromatic N) is 3. The maximum Gasteiger partial charge on any atom is 0.0480 e. The van der Waals surface area contributed by atoms with E-state index in [-0.39, 0.29) is 5.92 Å². The molecule has 0 N–H and O–H groups in total. The fourth-order valence-electron chi connectivity index (χ4n) is 5.31. The Balaban J connectivity index is 1.74. The monoisotopic (exact) mass is 403 g/mol. The van der Waals surface area contributed by atoms with E-state index in [2.05, 4.69) is 126 Å². The smallest absolute Gasteiger partial charge is 0.0480 e. The number of para-hydroxylation sites is 3. The molecule has 6 aromatic rings. The van der Waals surface area contributed by atoms with Crippen molar-refractivity contribution < 1.29 is 0 Å². The number of hydrogen-bond acceptors (Lipinski definition) is 0. The van der Waals surface area contributed by atoms with Crippen molar-refractivity contribution in [2.75, 3.05) is 0 Å². The normalized spacial score (nSPS) is 12.0. The molecule has 0 unspecified atom stereocenters. The second kappa shape index (κ2) is 6.64. The minimum Gasteiger partial charge on any atom is -0.350 e. The van der Waals surface area contributed by atoms with Gasteiger partial charge in [-0.25, -0.2) is 0 Å². The van der Waals surface area contributed by atoms with Crippen LogP contribution in [0.2, 0.25) is 0 Å². The molecule has 0 spiro atoms. The summed E-state index contributed by atoms with van der Waals surface area (Å²) in [6.45, 7) is 0. The molecule has 3 aromatic heterocycles. The quantitative estimate of drug-likeness (QED) is 0.327. The third-order valence-corrected chi connectivity index (χ3v) is 6.72. The van der Waals surface area contributed by atoms with Crippen molar-refractivity contribution in [3.05, 3.63) is 108 Å². The van der Waals surface area contributed by atoms with Crippen molar-refractivity contribution >= 4 is 32.7 Å². The summed E-state index contributed by atoms with van der Waals surface area (Å²) in [4.78, 5) is 0. The molecule has 0 aliphatic rings. The fourth-order valence-corrected chi connectivity index (χ4v) is 5.31. The Hall–Kier alpha value is -3.72. The van der Waals surface area contributed by atoms with E-state index in [1.807, 2.05) is 0 Å². The van der Waals surface area contributed by atoms with Crippen LogP contribution in [0, 0.1) is 0 Å². The van der Waals surface area contributed by atoms with Gasteiger partial charge in [-0.15, -0.1) is 0 Å². The summed E-state index contributed by atoms with van der Waals surface area (Å²) in [6, 6.07) is 26.2. The first kappa shape index (κ1) is 18.1. The van der Waals surface area contributed by atoms with Gasteiger partial charge < -0.3 is 13.7 Å². The Morgan fingerprint density at radius 1 is 0.452 bits per heavy atom. The van der Waals surface area contributed by atoms with Crippen molar-refractivity contribution in [2.45, 2.75) is 5.92 Å². The molecule has 0 saturated heterocycles. The number of rotatable bonds is 3. The fraction of sp³-hybridized carbons (Fsp3) is 0.143. The van der Waals surface area contributed by atoms with Crippen molar-refractivity contribution in [1.82, 2.24) is 13.7 Å². The Labute approximate surface area is 181 Å². The van der Waals surface area contributed by atoms with Gasteiger partial charge in [-0.3, -0.25) is 0 Å². The van der Waals surface area contributed by atoms with E-state index in [9.17, 15) is 0 Å².